The van der Waals surface area contributed by atoms with Gasteiger partial charge < -0.3 is 9.57 Å². The van der Waals surface area contributed by atoms with Crippen molar-refractivity contribution in [2.45, 2.75) is 59.5 Å². The van der Waals surface area contributed by atoms with Crippen LogP contribution in [0.4, 0.5) is 0 Å². The predicted octanol–water partition coefficient (Wildman–Crippen LogP) is 4.52. The molecular formula is C26H33N5O3. The minimum Gasteiger partial charge on any atom is -0.489 e. The maximum absolute atomic E-state index is 12.5. The Hall–Kier alpha value is -3.42. The van der Waals surface area contributed by atoms with Gasteiger partial charge in [0.1, 0.15) is 19.5 Å². The fourth-order valence-electron chi connectivity index (χ4n) is 4.13. The lowest BCUT2D eigenvalue weighted by Crippen LogP contribution is -2.23. The van der Waals surface area contributed by atoms with E-state index in [0.717, 1.165) is 53.1 Å². The van der Waals surface area contributed by atoms with Crippen molar-refractivity contribution in [1.29, 1.82) is 0 Å². The van der Waals surface area contributed by atoms with Crippen LogP contribution >= 0.6 is 0 Å². The summed E-state index contributed by atoms with van der Waals surface area (Å²) in [4.78, 5) is 17.6. The van der Waals surface area contributed by atoms with E-state index in [1.807, 2.05) is 31.2 Å². The molecule has 0 spiro atoms. The molecular weight excluding hydrogens is 430 g/mol. The number of rotatable bonds is 8. The molecule has 1 fully saturated rings. The Morgan fingerprint density at radius 2 is 1.94 bits per heavy atom. The second kappa shape index (κ2) is 9.44. The molecule has 1 aromatic heterocycles. The van der Waals surface area contributed by atoms with Gasteiger partial charge in [-0.15, -0.1) is 0 Å². The highest BCUT2D eigenvalue weighted by Crippen LogP contribution is 2.43. The molecule has 1 aliphatic carbocycles. The van der Waals surface area contributed by atoms with Crippen molar-refractivity contribution in [3.05, 3.63) is 69.1 Å². The average molecular weight is 464 g/mol. The van der Waals surface area contributed by atoms with Crippen LogP contribution in [0.3, 0.4) is 0 Å². The Bertz CT molecular complexity index is 1260. The van der Waals surface area contributed by atoms with Gasteiger partial charge in [-0.1, -0.05) is 38.1 Å². The van der Waals surface area contributed by atoms with Crippen molar-refractivity contribution in [3.8, 4) is 11.4 Å². The standard InChI is InChI=1S/C26H33N5O3/c1-17-14-19(22(27-33-6)15-26(2,3)4)12-13-24(17)34-16-21-20(18-10-11-18)8-7-9-23(21)31-25(32)30(5)28-29-31/h7-9,12-14,18H,10-11,15-16H2,1-6H3. The lowest BCUT2D eigenvalue weighted by atomic mass is 9.87. The highest BCUT2D eigenvalue weighted by Gasteiger charge is 2.28. The number of oxime groups is 1. The molecule has 0 saturated heterocycles. The molecule has 2 aromatic carbocycles. The molecule has 0 N–H and O–H groups in total. The molecule has 34 heavy (non-hydrogen) atoms. The molecule has 1 aliphatic rings. The molecule has 3 aromatic rings. The van der Waals surface area contributed by atoms with Crippen LogP contribution in [-0.2, 0) is 18.5 Å². The van der Waals surface area contributed by atoms with Gasteiger partial charge in [-0.25, -0.2) is 4.79 Å². The van der Waals surface area contributed by atoms with E-state index in [4.69, 9.17) is 9.57 Å². The normalized spacial score (nSPS) is 14.4. The fourth-order valence-corrected chi connectivity index (χ4v) is 4.13. The van der Waals surface area contributed by atoms with E-state index in [9.17, 15) is 4.79 Å². The lowest BCUT2D eigenvalue weighted by Gasteiger charge is -2.20. The van der Waals surface area contributed by atoms with Crippen LogP contribution in [0.2, 0.25) is 0 Å². The van der Waals surface area contributed by atoms with Gasteiger partial charge in [0.25, 0.3) is 0 Å². The van der Waals surface area contributed by atoms with Gasteiger partial charge in [-0.05, 0) is 88.9 Å². The Balaban J connectivity index is 1.62. The quantitative estimate of drug-likeness (QED) is 0.362. The second-order valence-electron chi connectivity index (χ2n) is 10.1. The second-order valence-corrected chi connectivity index (χ2v) is 10.1. The summed E-state index contributed by atoms with van der Waals surface area (Å²) in [5.74, 6) is 1.29. The number of aryl methyl sites for hydroxylation is 2. The van der Waals surface area contributed by atoms with E-state index in [1.165, 1.54) is 14.9 Å². The zero-order chi connectivity index (χ0) is 24.5. The SMILES string of the molecule is CON=C(CC(C)(C)C)c1ccc(OCc2c(C3CC3)cccc2-n2nnn(C)c2=O)c(C)c1. The van der Waals surface area contributed by atoms with Crippen LogP contribution in [0, 0.1) is 12.3 Å². The lowest BCUT2D eigenvalue weighted by molar-refractivity contribution is 0.211. The molecule has 1 heterocycles. The maximum Gasteiger partial charge on any atom is 0.368 e. The topological polar surface area (TPSA) is 83.5 Å². The summed E-state index contributed by atoms with van der Waals surface area (Å²) in [5.41, 5.74) is 5.66. The minimum absolute atomic E-state index is 0.0851. The van der Waals surface area contributed by atoms with Crippen molar-refractivity contribution < 1.29 is 9.57 Å². The van der Waals surface area contributed by atoms with Gasteiger partial charge in [0, 0.05) is 12.6 Å². The van der Waals surface area contributed by atoms with E-state index in [-0.39, 0.29) is 11.1 Å². The van der Waals surface area contributed by atoms with Gasteiger partial charge in [0.05, 0.1) is 11.4 Å². The number of ether oxygens (including phenoxy) is 1. The maximum atomic E-state index is 12.5. The van der Waals surface area contributed by atoms with Crippen LogP contribution in [0.1, 0.15) is 68.2 Å². The first kappa shape index (κ1) is 23.7. The molecule has 8 nitrogen and oxygen atoms in total. The van der Waals surface area contributed by atoms with Gasteiger partial charge in [-0.2, -0.15) is 9.36 Å². The zero-order valence-corrected chi connectivity index (χ0v) is 20.8. The summed E-state index contributed by atoms with van der Waals surface area (Å²) >= 11 is 0. The summed E-state index contributed by atoms with van der Waals surface area (Å²) in [6, 6.07) is 12.1. The van der Waals surface area contributed by atoms with Crippen LogP contribution in [-0.4, -0.2) is 32.6 Å². The summed E-state index contributed by atoms with van der Waals surface area (Å²) in [7, 11) is 3.17. The number of hydrogen-bond acceptors (Lipinski definition) is 6. The summed E-state index contributed by atoms with van der Waals surface area (Å²) in [5, 5.41) is 12.2. The van der Waals surface area contributed by atoms with Crippen LogP contribution in [0.25, 0.3) is 5.69 Å². The molecule has 8 heteroatoms. The molecule has 0 radical (unpaired) electrons. The fraction of sp³-hybridized carbons (Fsp3) is 0.462. The molecule has 0 atom stereocenters. The third-order valence-corrected chi connectivity index (χ3v) is 5.93. The predicted molar refractivity (Wildman–Crippen MR) is 132 cm³/mol. The smallest absolute Gasteiger partial charge is 0.368 e. The van der Waals surface area contributed by atoms with Crippen LogP contribution < -0.4 is 10.4 Å². The Kier molecular flexibility index (Phi) is 6.59. The number of aromatic nitrogens is 4. The average Bonchev–Trinajstić information content (AvgIpc) is 3.57. The highest BCUT2D eigenvalue weighted by molar-refractivity contribution is 6.00. The Labute approximate surface area is 200 Å². The van der Waals surface area contributed by atoms with Crippen LogP contribution in [0.15, 0.2) is 46.3 Å². The number of tetrazole rings is 1. The van der Waals surface area contributed by atoms with E-state index >= 15 is 0 Å². The van der Waals surface area contributed by atoms with Crippen molar-refractivity contribution in [3.63, 3.8) is 0 Å². The van der Waals surface area contributed by atoms with Crippen molar-refractivity contribution in [2.75, 3.05) is 7.11 Å². The van der Waals surface area contributed by atoms with Gasteiger partial charge in [-0.3, -0.25) is 0 Å². The molecule has 1 saturated carbocycles. The van der Waals surface area contributed by atoms with E-state index in [0.29, 0.717) is 12.5 Å². The first-order chi connectivity index (χ1) is 16.2. The molecule has 0 bridgehead atoms. The third kappa shape index (κ3) is 5.21. The van der Waals surface area contributed by atoms with E-state index < -0.39 is 0 Å². The largest absolute Gasteiger partial charge is 0.489 e. The molecule has 4 rings (SSSR count). The van der Waals surface area contributed by atoms with Crippen molar-refractivity contribution in [2.24, 2.45) is 17.6 Å². The zero-order valence-electron chi connectivity index (χ0n) is 20.8. The first-order valence-corrected chi connectivity index (χ1v) is 11.6. The molecule has 180 valence electrons. The highest BCUT2D eigenvalue weighted by atomic mass is 16.6. The number of hydrogen-bond donors (Lipinski definition) is 0. The Morgan fingerprint density at radius 3 is 2.53 bits per heavy atom. The van der Waals surface area contributed by atoms with Crippen LogP contribution in [0.5, 0.6) is 5.75 Å². The molecule has 0 amide bonds. The summed E-state index contributed by atoms with van der Waals surface area (Å²) in [6.45, 7) is 8.91. The first-order valence-electron chi connectivity index (χ1n) is 11.6. The molecule has 0 aliphatic heterocycles. The summed E-state index contributed by atoms with van der Waals surface area (Å²) < 4.78 is 8.88. The van der Waals surface area contributed by atoms with Gasteiger partial charge in [0.2, 0.25) is 0 Å². The minimum atomic E-state index is -0.279. The summed E-state index contributed by atoms with van der Waals surface area (Å²) in [6.07, 6.45) is 3.09. The van der Waals surface area contributed by atoms with Crippen molar-refractivity contribution >= 4 is 5.71 Å². The van der Waals surface area contributed by atoms with Crippen molar-refractivity contribution in [1.82, 2.24) is 19.8 Å². The molecule has 0 unspecified atom stereocenters. The van der Waals surface area contributed by atoms with E-state index in [1.54, 1.807) is 14.2 Å². The Morgan fingerprint density at radius 1 is 1.18 bits per heavy atom. The van der Waals surface area contributed by atoms with E-state index in [2.05, 4.69) is 48.5 Å². The van der Waals surface area contributed by atoms with Gasteiger partial charge >= 0.3 is 5.69 Å². The monoisotopic (exact) mass is 463 g/mol. The number of benzene rings is 2. The number of nitrogens with zero attached hydrogens (tertiary/aromatic N) is 5. The third-order valence-electron chi connectivity index (χ3n) is 5.93. The van der Waals surface area contributed by atoms with Gasteiger partial charge in [0.15, 0.2) is 0 Å².